The van der Waals surface area contributed by atoms with Gasteiger partial charge in [0.25, 0.3) is 5.56 Å². The van der Waals surface area contributed by atoms with E-state index in [1.807, 2.05) is 11.0 Å². The molecule has 1 aliphatic heterocycles. The van der Waals surface area contributed by atoms with Crippen LogP contribution in [0.1, 0.15) is 24.9 Å². The Kier molecular flexibility index (Phi) is 4.22. The maximum absolute atomic E-state index is 12.0. The van der Waals surface area contributed by atoms with Crippen LogP contribution in [0, 0.1) is 6.92 Å². The van der Waals surface area contributed by atoms with Gasteiger partial charge in [0.1, 0.15) is 0 Å². The van der Waals surface area contributed by atoms with Crippen LogP contribution in [0.15, 0.2) is 41.5 Å². The summed E-state index contributed by atoms with van der Waals surface area (Å²) in [4.78, 5) is 25.5. The molecule has 4 rings (SSSR count). The lowest BCUT2D eigenvalue weighted by Crippen LogP contribution is -2.26. The van der Waals surface area contributed by atoms with Crippen molar-refractivity contribution in [2.24, 2.45) is 7.05 Å². The Hall–Kier alpha value is -3.09. The zero-order chi connectivity index (χ0) is 19.1. The predicted molar refractivity (Wildman–Crippen MR) is 105 cm³/mol. The molecule has 3 heterocycles. The molecule has 1 fully saturated rings. The molecule has 1 saturated heterocycles. The number of aryl methyl sites for hydroxylation is 1. The number of carbonyl (C=O) groups excluding carboxylic acids is 1. The third-order valence-corrected chi connectivity index (χ3v) is 5.38. The van der Waals surface area contributed by atoms with Gasteiger partial charge in [-0.1, -0.05) is 0 Å². The van der Waals surface area contributed by atoms with Gasteiger partial charge in [-0.05, 0) is 37.6 Å². The van der Waals surface area contributed by atoms with Crippen molar-refractivity contribution in [1.82, 2.24) is 19.2 Å². The van der Waals surface area contributed by atoms with Gasteiger partial charge in [0, 0.05) is 55.4 Å². The number of benzene rings is 1. The summed E-state index contributed by atoms with van der Waals surface area (Å²) >= 11 is 0. The summed E-state index contributed by atoms with van der Waals surface area (Å²) in [6, 6.07) is 8.56. The summed E-state index contributed by atoms with van der Waals surface area (Å²) in [5, 5.41) is 8.50. The predicted octanol–water partition coefficient (Wildman–Crippen LogP) is 2.58. The molecule has 2 aromatic heterocycles. The quantitative estimate of drug-likeness (QED) is 0.774. The maximum atomic E-state index is 12.0. The number of aromatic nitrogens is 3. The minimum atomic E-state index is -0.108. The van der Waals surface area contributed by atoms with Crippen molar-refractivity contribution in [2.75, 3.05) is 18.4 Å². The van der Waals surface area contributed by atoms with Crippen LogP contribution in [0.25, 0.3) is 10.9 Å². The van der Waals surface area contributed by atoms with Crippen LogP contribution in [0.2, 0.25) is 0 Å². The Morgan fingerprint density at radius 1 is 1.30 bits per heavy atom. The molecular weight excluding hydrogens is 342 g/mol. The lowest BCUT2D eigenvalue weighted by atomic mass is 10.2. The largest absolute Gasteiger partial charge is 0.354 e. The van der Waals surface area contributed by atoms with Crippen LogP contribution in [0.5, 0.6) is 0 Å². The molecule has 7 nitrogen and oxygen atoms in total. The molecular formula is C20H23N5O2. The van der Waals surface area contributed by atoms with Gasteiger partial charge >= 0.3 is 0 Å². The average molecular weight is 365 g/mol. The molecule has 0 unspecified atom stereocenters. The van der Waals surface area contributed by atoms with Gasteiger partial charge in [-0.25, -0.2) is 4.68 Å². The molecule has 27 heavy (non-hydrogen) atoms. The van der Waals surface area contributed by atoms with Gasteiger partial charge in [-0.3, -0.25) is 9.59 Å². The average Bonchev–Trinajstić information content (AvgIpc) is 3.28. The summed E-state index contributed by atoms with van der Waals surface area (Å²) < 4.78 is 3.59. The van der Waals surface area contributed by atoms with Crippen molar-refractivity contribution in [3.05, 3.63) is 52.6 Å². The summed E-state index contributed by atoms with van der Waals surface area (Å²) in [5.41, 5.74) is 3.30. The highest BCUT2D eigenvalue weighted by atomic mass is 16.2. The van der Waals surface area contributed by atoms with E-state index in [1.165, 1.54) is 4.68 Å². The number of likely N-dealkylation sites (tertiary alicyclic amines) is 1. The fraction of sp³-hybridized carbons (Fsp3) is 0.350. The van der Waals surface area contributed by atoms with Crippen molar-refractivity contribution in [2.45, 2.75) is 26.3 Å². The first-order valence-electron chi connectivity index (χ1n) is 9.10. The highest BCUT2D eigenvalue weighted by Crippen LogP contribution is 2.29. The van der Waals surface area contributed by atoms with Gasteiger partial charge in [-0.15, -0.1) is 0 Å². The van der Waals surface area contributed by atoms with E-state index in [-0.39, 0.29) is 11.5 Å². The number of anilines is 2. The van der Waals surface area contributed by atoms with Crippen molar-refractivity contribution in [3.8, 4) is 0 Å². The van der Waals surface area contributed by atoms with Crippen LogP contribution in [0.3, 0.4) is 0 Å². The molecule has 0 spiro atoms. The number of nitrogens with zero attached hydrogens (tertiary/aromatic N) is 4. The highest BCUT2D eigenvalue weighted by molar-refractivity contribution is 5.85. The van der Waals surface area contributed by atoms with Gasteiger partial charge in [0.05, 0.1) is 17.9 Å². The summed E-state index contributed by atoms with van der Waals surface area (Å²) in [7, 11) is 1.64. The van der Waals surface area contributed by atoms with Crippen molar-refractivity contribution in [1.29, 1.82) is 0 Å². The molecule has 1 amide bonds. The van der Waals surface area contributed by atoms with Crippen LogP contribution >= 0.6 is 0 Å². The molecule has 1 aromatic carbocycles. The molecule has 7 heteroatoms. The number of nitrogens with one attached hydrogen (secondary N) is 1. The second kappa shape index (κ2) is 6.57. The smallest absolute Gasteiger partial charge is 0.271 e. The molecule has 1 aliphatic rings. The van der Waals surface area contributed by atoms with Crippen LogP contribution < -0.4 is 10.9 Å². The Balaban J connectivity index is 1.61. The first kappa shape index (κ1) is 17.3. The SMILES string of the molecule is CC(=O)N1CC[C@@H](n2ccc3cc(Nc4cnn(C)c(=O)c4C)ccc32)C1. The van der Waals surface area contributed by atoms with E-state index in [0.717, 1.165) is 36.1 Å². The number of carbonyl (C=O) groups is 1. The first-order valence-corrected chi connectivity index (χ1v) is 9.10. The van der Waals surface area contributed by atoms with Crippen molar-refractivity contribution >= 4 is 28.2 Å². The Morgan fingerprint density at radius 3 is 2.85 bits per heavy atom. The fourth-order valence-corrected chi connectivity index (χ4v) is 3.75. The van der Waals surface area contributed by atoms with E-state index in [4.69, 9.17) is 0 Å². The summed E-state index contributed by atoms with van der Waals surface area (Å²) in [5.74, 6) is 0.137. The highest BCUT2D eigenvalue weighted by Gasteiger charge is 2.25. The number of fused-ring (bicyclic) bond motifs is 1. The summed E-state index contributed by atoms with van der Waals surface area (Å²) in [6.07, 6.45) is 4.73. The monoisotopic (exact) mass is 365 g/mol. The standard InChI is InChI=1S/C20H23N5O2/c1-13-18(11-21-23(3)20(13)27)22-16-4-5-19-15(10-16)6-9-25(19)17-7-8-24(12-17)14(2)26/h4-6,9-11,17,22H,7-8,12H2,1-3H3/t17-/m1/s1. The number of hydrogen-bond donors (Lipinski definition) is 1. The van der Waals surface area contributed by atoms with Gasteiger partial charge in [0.2, 0.25) is 5.91 Å². The Morgan fingerprint density at radius 2 is 2.11 bits per heavy atom. The third-order valence-electron chi connectivity index (χ3n) is 5.38. The zero-order valence-corrected chi connectivity index (χ0v) is 15.8. The number of hydrogen-bond acceptors (Lipinski definition) is 4. The van der Waals surface area contributed by atoms with Crippen molar-refractivity contribution in [3.63, 3.8) is 0 Å². The van der Waals surface area contributed by atoms with Gasteiger partial charge in [-0.2, -0.15) is 5.10 Å². The lowest BCUT2D eigenvalue weighted by molar-refractivity contribution is -0.127. The van der Waals surface area contributed by atoms with E-state index in [0.29, 0.717) is 17.3 Å². The van der Waals surface area contributed by atoms with Crippen LogP contribution in [0.4, 0.5) is 11.4 Å². The van der Waals surface area contributed by atoms with E-state index in [2.05, 4.69) is 39.4 Å². The van der Waals surface area contributed by atoms with E-state index < -0.39 is 0 Å². The Bertz CT molecular complexity index is 1080. The maximum Gasteiger partial charge on any atom is 0.271 e. The summed E-state index contributed by atoms with van der Waals surface area (Å²) in [6.45, 7) is 5.00. The minimum Gasteiger partial charge on any atom is -0.354 e. The van der Waals surface area contributed by atoms with E-state index in [9.17, 15) is 9.59 Å². The molecule has 1 atom stereocenters. The molecule has 0 saturated carbocycles. The topological polar surface area (TPSA) is 72.2 Å². The third kappa shape index (κ3) is 3.09. The molecule has 140 valence electrons. The molecule has 0 bridgehead atoms. The second-order valence-electron chi connectivity index (χ2n) is 7.14. The second-order valence-corrected chi connectivity index (χ2v) is 7.14. The fourth-order valence-electron chi connectivity index (χ4n) is 3.75. The zero-order valence-electron chi connectivity index (χ0n) is 15.8. The van der Waals surface area contributed by atoms with Crippen LogP contribution in [-0.2, 0) is 11.8 Å². The number of amides is 1. The normalized spacial score (nSPS) is 16.9. The van der Waals surface area contributed by atoms with Gasteiger partial charge in [0.15, 0.2) is 0 Å². The van der Waals surface area contributed by atoms with E-state index in [1.54, 1.807) is 27.1 Å². The first-order chi connectivity index (χ1) is 12.9. The van der Waals surface area contributed by atoms with Crippen molar-refractivity contribution < 1.29 is 4.79 Å². The van der Waals surface area contributed by atoms with E-state index >= 15 is 0 Å². The Labute approximate surface area is 157 Å². The molecule has 1 N–H and O–H groups in total. The minimum absolute atomic E-state index is 0.108. The van der Waals surface area contributed by atoms with Crippen LogP contribution in [-0.4, -0.2) is 38.2 Å². The molecule has 0 radical (unpaired) electrons. The number of rotatable bonds is 3. The molecule has 0 aliphatic carbocycles. The lowest BCUT2D eigenvalue weighted by Gasteiger charge is -2.16. The molecule has 3 aromatic rings. The van der Waals surface area contributed by atoms with Gasteiger partial charge < -0.3 is 14.8 Å².